The fourth-order valence-corrected chi connectivity index (χ4v) is 4.51. The molecule has 0 aromatic heterocycles. The maximum atomic E-state index is 13.9. The van der Waals surface area contributed by atoms with E-state index in [9.17, 15) is 9.18 Å². The lowest BCUT2D eigenvalue weighted by atomic mass is 9.96. The molecule has 3 rings (SSSR count). The highest BCUT2D eigenvalue weighted by Crippen LogP contribution is 2.20. The first kappa shape index (κ1) is 27.8. The molecule has 2 aliphatic rings. The molecule has 2 N–H and O–H groups in total. The van der Waals surface area contributed by atoms with Crippen molar-refractivity contribution in [2.45, 2.75) is 58.4 Å². The quantitative estimate of drug-likeness (QED) is 0.203. The zero-order valence-corrected chi connectivity index (χ0v) is 22.4. The maximum Gasteiger partial charge on any atom is 0.222 e. The van der Waals surface area contributed by atoms with Gasteiger partial charge < -0.3 is 15.5 Å². The minimum atomic E-state index is -0.110. The molecule has 1 aromatic rings. The number of likely N-dealkylation sites (tertiary alicyclic amines) is 2. The zero-order chi connectivity index (χ0) is 22.6. The lowest BCUT2D eigenvalue weighted by Crippen LogP contribution is -2.40. The number of amides is 1. The van der Waals surface area contributed by atoms with Crippen LogP contribution in [0.15, 0.2) is 29.3 Å². The Bertz CT molecular complexity index is 739. The first-order valence-corrected chi connectivity index (χ1v) is 12.4. The highest BCUT2D eigenvalue weighted by Gasteiger charge is 2.20. The van der Waals surface area contributed by atoms with Crippen molar-refractivity contribution < 1.29 is 9.18 Å². The van der Waals surface area contributed by atoms with Gasteiger partial charge in [-0.3, -0.25) is 14.7 Å². The molecule has 2 saturated heterocycles. The normalized spacial score (nSPS) is 18.5. The molecule has 2 aliphatic heterocycles. The monoisotopic (exact) mass is 573 g/mol. The number of nitrogens with zero attached hydrogens (tertiary/aromatic N) is 3. The van der Waals surface area contributed by atoms with Gasteiger partial charge >= 0.3 is 0 Å². The van der Waals surface area contributed by atoms with Crippen molar-refractivity contribution in [2.75, 3.05) is 45.8 Å². The third-order valence-corrected chi connectivity index (χ3v) is 6.48. The summed E-state index contributed by atoms with van der Waals surface area (Å²) in [6.45, 7) is 8.93. The Labute approximate surface area is 215 Å². The third-order valence-electron chi connectivity index (χ3n) is 6.48. The molecule has 186 valence electrons. The summed E-state index contributed by atoms with van der Waals surface area (Å²) in [5.74, 6) is 1.63. The van der Waals surface area contributed by atoms with Gasteiger partial charge in [0.15, 0.2) is 5.96 Å². The van der Waals surface area contributed by atoms with Gasteiger partial charge in [0.25, 0.3) is 0 Å². The van der Waals surface area contributed by atoms with Gasteiger partial charge in [-0.15, -0.1) is 24.0 Å². The summed E-state index contributed by atoms with van der Waals surface area (Å²) in [5, 5.41) is 6.76. The second-order valence-electron chi connectivity index (χ2n) is 9.00. The molecule has 6 nitrogen and oxygen atoms in total. The molecule has 0 spiro atoms. The fraction of sp³-hybridized carbons (Fsp3) is 0.680. The maximum absolute atomic E-state index is 13.9. The average Bonchev–Trinajstić information content (AvgIpc) is 3.01. The van der Waals surface area contributed by atoms with Gasteiger partial charge in [0.2, 0.25) is 5.91 Å². The van der Waals surface area contributed by atoms with Crippen molar-refractivity contribution in [1.29, 1.82) is 0 Å². The smallest absolute Gasteiger partial charge is 0.222 e. The van der Waals surface area contributed by atoms with E-state index >= 15 is 0 Å². The van der Waals surface area contributed by atoms with Crippen molar-refractivity contribution in [3.8, 4) is 0 Å². The Kier molecular flexibility index (Phi) is 13.0. The van der Waals surface area contributed by atoms with Crippen molar-refractivity contribution in [3.05, 3.63) is 35.6 Å². The van der Waals surface area contributed by atoms with Crippen LogP contribution >= 0.6 is 24.0 Å². The summed E-state index contributed by atoms with van der Waals surface area (Å²) in [4.78, 5) is 21.3. The van der Waals surface area contributed by atoms with Crippen molar-refractivity contribution in [2.24, 2.45) is 10.9 Å². The molecule has 0 unspecified atom stereocenters. The van der Waals surface area contributed by atoms with E-state index in [1.807, 2.05) is 17.0 Å². The van der Waals surface area contributed by atoms with E-state index in [0.717, 1.165) is 89.4 Å². The second-order valence-corrected chi connectivity index (χ2v) is 9.00. The van der Waals surface area contributed by atoms with E-state index in [1.54, 1.807) is 6.07 Å². The number of carbonyl (C=O) groups excluding carboxylic acids is 1. The molecule has 33 heavy (non-hydrogen) atoms. The molecule has 0 radical (unpaired) electrons. The average molecular weight is 574 g/mol. The Balaban J connectivity index is 0.00000385. The second kappa shape index (κ2) is 15.5. The molecule has 0 aliphatic carbocycles. The van der Waals surface area contributed by atoms with E-state index in [2.05, 4.69) is 22.5 Å². The molecule has 1 amide bonds. The fourth-order valence-electron chi connectivity index (χ4n) is 4.51. The SMILES string of the molecule is CCNC(=NCC1CCN(Cc2ccccc2F)CC1)NCCCN1CCCCCC1=O.I. The summed E-state index contributed by atoms with van der Waals surface area (Å²) in [7, 11) is 0. The topological polar surface area (TPSA) is 60.0 Å². The van der Waals surface area contributed by atoms with Crippen LogP contribution in [0, 0.1) is 11.7 Å². The number of guanidine groups is 1. The van der Waals surface area contributed by atoms with Gasteiger partial charge in [0.05, 0.1) is 0 Å². The molecule has 1 aromatic carbocycles. The number of hydrogen-bond donors (Lipinski definition) is 2. The minimum absolute atomic E-state index is 0. The van der Waals surface area contributed by atoms with E-state index in [-0.39, 0.29) is 29.8 Å². The van der Waals surface area contributed by atoms with E-state index in [1.165, 1.54) is 12.5 Å². The first-order chi connectivity index (χ1) is 15.7. The number of piperidine rings is 1. The van der Waals surface area contributed by atoms with Crippen molar-refractivity contribution >= 4 is 35.8 Å². The number of aliphatic imine (C=N–C) groups is 1. The zero-order valence-electron chi connectivity index (χ0n) is 20.0. The Morgan fingerprint density at radius 1 is 1.12 bits per heavy atom. The molecule has 2 heterocycles. The van der Waals surface area contributed by atoms with E-state index in [0.29, 0.717) is 24.8 Å². The summed E-state index contributed by atoms with van der Waals surface area (Å²) in [6.07, 6.45) is 7.15. The number of hydrogen-bond acceptors (Lipinski definition) is 3. The molecule has 0 bridgehead atoms. The number of rotatable bonds is 9. The number of benzene rings is 1. The van der Waals surface area contributed by atoms with Crippen molar-refractivity contribution in [1.82, 2.24) is 20.4 Å². The Morgan fingerprint density at radius 3 is 2.67 bits per heavy atom. The first-order valence-electron chi connectivity index (χ1n) is 12.4. The Morgan fingerprint density at radius 2 is 1.91 bits per heavy atom. The molecule has 0 saturated carbocycles. The molecule has 0 atom stereocenters. The van der Waals surface area contributed by atoms with Crippen LogP contribution in [0.5, 0.6) is 0 Å². The lowest BCUT2D eigenvalue weighted by Gasteiger charge is -2.31. The number of halogens is 2. The van der Waals surface area contributed by atoms with Crippen LogP contribution < -0.4 is 10.6 Å². The van der Waals surface area contributed by atoms with Crippen LogP contribution in [0.2, 0.25) is 0 Å². The lowest BCUT2D eigenvalue weighted by molar-refractivity contribution is -0.130. The van der Waals surface area contributed by atoms with Gasteiger partial charge in [0.1, 0.15) is 5.82 Å². The highest BCUT2D eigenvalue weighted by atomic mass is 127. The van der Waals surface area contributed by atoms with Crippen LogP contribution in [-0.4, -0.2) is 67.5 Å². The van der Waals surface area contributed by atoms with E-state index < -0.39 is 0 Å². The summed E-state index contributed by atoms with van der Waals surface area (Å²) < 4.78 is 13.9. The largest absolute Gasteiger partial charge is 0.357 e. The summed E-state index contributed by atoms with van der Waals surface area (Å²) in [5.41, 5.74) is 0.782. The van der Waals surface area contributed by atoms with Gasteiger partial charge in [0, 0.05) is 51.3 Å². The van der Waals surface area contributed by atoms with Crippen LogP contribution in [0.1, 0.15) is 57.4 Å². The predicted octanol–water partition coefficient (Wildman–Crippen LogP) is 4.00. The van der Waals surface area contributed by atoms with Crippen molar-refractivity contribution in [3.63, 3.8) is 0 Å². The predicted molar refractivity (Wildman–Crippen MR) is 143 cm³/mol. The number of carbonyl (C=O) groups is 1. The van der Waals surface area contributed by atoms with Gasteiger partial charge in [-0.05, 0) is 64.1 Å². The van der Waals surface area contributed by atoms with Crippen LogP contribution in [0.25, 0.3) is 0 Å². The summed E-state index contributed by atoms with van der Waals surface area (Å²) in [6, 6.07) is 7.06. The summed E-state index contributed by atoms with van der Waals surface area (Å²) >= 11 is 0. The van der Waals surface area contributed by atoms with Gasteiger partial charge in [-0.25, -0.2) is 4.39 Å². The van der Waals surface area contributed by atoms with Crippen LogP contribution in [0.3, 0.4) is 0 Å². The molecular weight excluding hydrogens is 532 g/mol. The van der Waals surface area contributed by atoms with Crippen LogP contribution in [-0.2, 0) is 11.3 Å². The molecular formula is C25H41FIN5O. The molecule has 8 heteroatoms. The highest BCUT2D eigenvalue weighted by molar-refractivity contribution is 14.0. The Hall–Kier alpha value is -1.42. The number of nitrogens with one attached hydrogen (secondary N) is 2. The van der Waals surface area contributed by atoms with Gasteiger partial charge in [-0.2, -0.15) is 0 Å². The minimum Gasteiger partial charge on any atom is -0.357 e. The van der Waals surface area contributed by atoms with Crippen LogP contribution in [0.4, 0.5) is 4.39 Å². The standard InChI is InChI=1S/C25H40FN5O.HI/c1-2-27-25(28-14-8-16-31-15-7-3-4-11-24(31)32)29-19-21-12-17-30(18-13-21)20-22-9-5-6-10-23(22)26;/h5-6,9-10,21H,2-4,7-8,11-20H2,1H3,(H2,27,28,29);1H. The molecule has 2 fully saturated rings. The van der Waals surface area contributed by atoms with Gasteiger partial charge in [-0.1, -0.05) is 24.6 Å². The third kappa shape index (κ3) is 9.76. The van der Waals surface area contributed by atoms with E-state index in [4.69, 9.17) is 4.99 Å².